The monoisotopic (exact) mass is 221 g/mol. The van der Waals surface area contributed by atoms with E-state index in [1.807, 2.05) is 0 Å². The fraction of sp³-hybridized carbons (Fsp3) is 0.750. The molecule has 88 valence electrons. The van der Waals surface area contributed by atoms with E-state index in [4.69, 9.17) is 5.26 Å². The van der Waals surface area contributed by atoms with Gasteiger partial charge in [-0.15, -0.1) is 0 Å². The van der Waals surface area contributed by atoms with Crippen molar-refractivity contribution in [3.8, 4) is 6.07 Å². The molecular formula is C12H19N3O. The third-order valence-electron chi connectivity index (χ3n) is 2.75. The van der Waals surface area contributed by atoms with E-state index in [0.29, 0.717) is 5.92 Å². The van der Waals surface area contributed by atoms with Crippen molar-refractivity contribution in [2.45, 2.75) is 46.5 Å². The first-order valence-electron chi connectivity index (χ1n) is 5.64. The van der Waals surface area contributed by atoms with Gasteiger partial charge in [0.1, 0.15) is 6.42 Å². The zero-order chi connectivity index (χ0) is 12.2. The summed E-state index contributed by atoms with van der Waals surface area (Å²) in [6.07, 6.45) is 2.92. The second-order valence-electron chi connectivity index (χ2n) is 5.40. The van der Waals surface area contributed by atoms with Gasteiger partial charge in [0.2, 0.25) is 0 Å². The molecule has 4 heteroatoms. The molecule has 16 heavy (non-hydrogen) atoms. The number of nitrogens with zero attached hydrogens (tertiary/aromatic N) is 2. The SMILES string of the molecule is CC1CC(=NNC(=O)CC#N)CC(C)(C)C1. The Morgan fingerprint density at radius 1 is 1.69 bits per heavy atom. The van der Waals surface area contributed by atoms with Gasteiger partial charge in [0, 0.05) is 5.71 Å². The number of nitrogens with one attached hydrogen (secondary N) is 1. The largest absolute Gasteiger partial charge is 0.272 e. The summed E-state index contributed by atoms with van der Waals surface area (Å²) in [5, 5.41) is 12.5. The summed E-state index contributed by atoms with van der Waals surface area (Å²) in [4.78, 5) is 11.1. The average Bonchev–Trinajstić information content (AvgIpc) is 2.12. The number of hydrazone groups is 1. The van der Waals surface area contributed by atoms with E-state index in [1.54, 1.807) is 6.07 Å². The van der Waals surface area contributed by atoms with Crippen LogP contribution in [0.5, 0.6) is 0 Å². The van der Waals surface area contributed by atoms with Crippen LogP contribution in [0.3, 0.4) is 0 Å². The first-order chi connectivity index (χ1) is 7.43. The van der Waals surface area contributed by atoms with E-state index in [1.165, 1.54) is 6.42 Å². The lowest BCUT2D eigenvalue weighted by Gasteiger charge is -2.34. The molecule has 1 saturated carbocycles. The predicted molar refractivity (Wildman–Crippen MR) is 62.6 cm³/mol. The summed E-state index contributed by atoms with van der Waals surface area (Å²) in [7, 11) is 0. The lowest BCUT2D eigenvalue weighted by Crippen LogP contribution is -2.30. The topological polar surface area (TPSA) is 65.2 Å². The van der Waals surface area contributed by atoms with Gasteiger partial charge in [-0.3, -0.25) is 4.79 Å². The third kappa shape index (κ3) is 4.01. The number of carbonyl (C=O) groups excluding carboxylic acids is 1. The highest BCUT2D eigenvalue weighted by molar-refractivity contribution is 5.87. The van der Waals surface area contributed by atoms with Crippen LogP contribution in [0.2, 0.25) is 0 Å². The van der Waals surface area contributed by atoms with Crippen LogP contribution in [0, 0.1) is 22.7 Å². The van der Waals surface area contributed by atoms with Crippen LogP contribution in [-0.2, 0) is 4.79 Å². The fourth-order valence-electron chi connectivity index (χ4n) is 2.45. The Labute approximate surface area is 96.7 Å². The van der Waals surface area contributed by atoms with Gasteiger partial charge in [-0.25, -0.2) is 5.43 Å². The lowest BCUT2D eigenvalue weighted by molar-refractivity contribution is -0.120. The minimum atomic E-state index is -0.328. The molecule has 0 bridgehead atoms. The molecule has 0 aromatic rings. The second kappa shape index (κ2) is 5.11. The van der Waals surface area contributed by atoms with Crippen LogP contribution in [-0.4, -0.2) is 11.6 Å². The maximum atomic E-state index is 11.1. The Kier molecular flexibility index (Phi) is 4.05. The molecule has 0 aromatic heterocycles. The molecule has 0 spiro atoms. The summed E-state index contributed by atoms with van der Waals surface area (Å²) < 4.78 is 0. The fourth-order valence-corrected chi connectivity index (χ4v) is 2.45. The molecule has 4 nitrogen and oxygen atoms in total. The summed E-state index contributed by atoms with van der Waals surface area (Å²) >= 11 is 0. The van der Waals surface area contributed by atoms with Gasteiger partial charge < -0.3 is 0 Å². The first-order valence-corrected chi connectivity index (χ1v) is 5.64. The molecule has 1 N–H and O–H groups in total. The van der Waals surface area contributed by atoms with Gasteiger partial charge in [0.25, 0.3) is 5.91 Å². The van der Waals surface area contributed by atoms with Crippen LogP contribution in [0.15, 0.2) is 5.10 Å². The third-order valence-corrected chi connectivity index (χ3v) is 2.75. The standard InChI is InChI=1S/C12H19N3O/c1-9-6-10(8-12(2,3)7-9)14-15-11(16)4-5-13/h9H,4,6-8H2,1-3H3,(H,15,16). The minimum Gasteiger partial charge on any atom is -0.272 e. The maximum Gasteiger partial charge on any atom is 0.254 e. The summed E-state index contributed by atoms with van der Waals surface area (Å²) in [5.41, 5.74) is 3.74. The number of hydrogen-bond donors (Lipinski definition) is 1. The van der Waals surface area contributed by atoms with Gasteiger partial charge in [0.05, 0.1) is 6.07 Å². The zero-order valence-electron chi connectivity index (χ0n) is 10.2. The van der Waals surface area contributed by atoms with Crippen molar-refractivity contribution >= 4 is 11.6 Å². The Hall–Kier alpha value is -1.37. The zero-order valence-corrected chi connectivity index (χ0v) is 10.2. The Morgan fingerprint density at radius 3 is 2.94 bits per heavy atom. The van der Waals surface area contributed by atoms with Gasteiger partial charge in [0.15, 0.2) is 0 Å². The van der Waals surface area contributed by atoms with E-state index in [9.17, 15) is 4.79 Å². The number of hydrogen-bond acceptors (Lipinski definition) is 3. The Bertz CT molecular complexity index is 339. The predicted octanol–water partition coefficient (Wildman–Crippen LogP) is 2.22. The van der Waals surface area contributed by atoms with E-state index >= 15 is 0 Å². The van der Waals surface area contributed by atoms with E-state index in [2.05, 4.69) is 31.3 Å². The van der Waals surface area contributed by atoms with Crippen molar-refractivity contribution in [2.75, 3.05) is 0 Å². The minimum absolute atomic E-state index is 0.129. The molecule has 0 saturated heterocycles. The molecule has 0 heterocycles. The highest BCUT2D eigenvalue weighted by Crippen LogP contribution is 2.36. The quantitative estimate of drug-likeness (QED) is 0.726. The van der Waals surface area contributed by atoms with Crippen LogP contribution < -0.4 is 5.43 Å². The van der Waals surface area contributed by atoms with Crippen LogP contribution in [0.25, 0.3) is 0 Å². The van der Waals surface area contributed by atoms with Crippen LogP contribution in [0.1, 0.15) is 46.5 Å². The first kappa shape index (κ1) is 12.7. The van der Waals surface area contributed by atoms with Crippen molar-refractivity contribution in [3.05, 3.63) is 0 Å². The molecule has 0 radical (unpaired) electrons. The van der Waals surface area contributed by atoms with E-state index in [-0.39, 0.29) is 17.7 Å². The number of rotatable bonds is 2. The summed E-state index contributed by atoms with van der Waals surface area (Å²) in [6, 6.07) is 1.80. The highest BCUT2D eigenvalue weighted by atomic mass is 16.2. The van der Waals surface area contributed by atoms with Gasteiger partial charge >= 0.3 is 0 Å². The molecule has 1 unspecified atom stereocenters. The van der Waals surface area contributed by atoms with Crippen molar-refractivity contribution < 1.29 is 4.79 Å². The molecule has 1 aliphatic carbocycles. The number of amides is 1. The molecule has 1 amide bonds. The van der Waals surface area contributed by atoms with Crippen molar-refractivity contribution in [1.82, 2.24) is 5.43 Å². The van der Waals surface area contributed by atoms with Gasteiger partial charge in [-0.1, -0.05) is 20.8 Å². The molecular weight excluding hydrogens is 202 g/mol. The smallest absolute Gasteiger partial charge is 0.254 e. The van der Waals surface area contributed by atoms with Crippen molar-refractivity contribution in [3.63, 3.8) is 0 Å². The summed E-state index contributed by atoms with van der Waals surface area (Å²) in [5.74, 6) is 0.279. The average molecular weight is 221 g/mol. The summed E-state index contributed by atoms with van der Waals surface area (Å²) in [6.45, 7) is 6.64. The van der Waals surface area contributed by atoms with Crippen molar-refractivity contribution in [1.29, 1.82) is 5.26 Å². The lowest BCUT2D eigenvalue weighted by atomic mass is 9.72. The molecule has 1 atom stereocenters. The van der Waals surface area contributed by atoms with Crippen molar-refractivity contribution in [2.24, 2.45) is 16.4 Å². The number of nitriles is 1. The molecule has 1 fully saturated rings. The molecule has 0 aliphatic heterocycles. The normalized spacial score (nSPS) is 26.1. The van der Waals surface area contributed by atoms with Crippen LogP contribution >= 0.6 is 0 Å². The number of carbonyl (C=O) groups is 1. The molecule has 1 aliphatic rings. The highest BCUT2D eigenvalue weighted by Gasteiger charge is 2.29. The van der Waals surface area contributed by atoms with E-state index < -0.39 is 0 Å². The Morgan fingerprint density at radius 2 is 2.38 bits per heavy atom. The van der Waals surface area contributed by atoms with E-state index in [0.717, 1.165) is 18.6 Å². The Balaban J connectivity index is 2.56. The molecule has 0 aromatic carbocycles. The van der Waals surface area contributed by atoms with Gasteiger partial charge in [-0.2, -0.15) is 10.4 Å². The second-order valence-corrected chi connectivity index (χ2v) is 5.40. The van der Waals surface area contributed by atoms with Gasteiger partial charge in [-0.05, 0) is 30.6 Å². The maximum absolute atomic E-state index is 11.1. The molecule has 1 rings (SSSR count). The van der Waals surface area contributed by atoms with Crippen LogP contribution in [0.4, 0.5) is 0 Å².